The third kappa shape index (κ3) is 3.35. The molecule has 0 saturated carbocycles. The number of benzene rings is 1. The lowest BCUT2D eigenvalue weighted by molar-refractivity contribution is -0.148. The lowest BCUT2D eigenvalue weighted by atomic mass is 10.0. The number of carbonyl (C=O) groups is 2. The van der Waals surface area contributed by atoms with Gasteiger partial charge in [0.05, 0.1) is 11.1 Å². The van der Waals surface area contributed by atoms with Gasteiger partial charge in [0, 0.05) is 24.5 Å². The number of nitrogens with zero attached hydrogens (tertiary/aromatic N) is 1. The van der Waals surface area contributed by atoms with Crippen molar-refractivity contribution in [2.45, 2.75) is 25.4 Å². The van der Waals surface area contributed by atoms with Crippen LogP contribution in [-0.2, 0) is 16.1 Å². The van der Waals surface area contributed by atoms with Gasteiger partial charge < -0.3 is 5.32 Å². The summed E-state index contributed by atoms with van der Waals surface area (Å²) >= 11 is 9.28. The highest BCUT2D eigenvalue weighted by Crippen LogP contribution is 2.23. The van der Waals surface area contributed by atoms with E-state index < -0.39 is 0 Å². The van der Waals surface area contributed by atoms with Gasteiger partial charge in [0.2, 0.25) is 11.8 Å². The molecule has 1 unspecified atom stereocenters. The fourth-order valence-corrected chi connectivity index (χ4v) is 2.54. The summed E-state index contributed by atoms with van der Waals surface area (Å²) in [4.78, 5) is 24.4. The van der Waals surface area contributed by atoms with Gasteiger partial charge in [-0.15, -0.1) is 0 Å². The molecule has 6 heteroatoms. The van der Waals surface area contributed by atoms with Crippen molar-refractivity contribution in [2.24, 2.45) is 0 Å². The predicted octanol–water partition coefficient (Wildman–Crippen LogP) is 2.34. The van der Waals surface area contributed by atoms with Crippen LogP contribution in [0, 0.1) is 0 Å². The van der Waals surface area contributed by atoms with Crippen molar-refractivity contribution in [1.82, 2.24) is 10.2 Å². The van der Waals surface area contributed by atoms with E-state index in [4.69, 9.17) is 11.6 Å². The summed E-state index contributed by atoms with van der Waals surface area (Å²) in [6.07, 6.45) is 0.959. The number of carbonyl (C=O) groups excluding carboxylic acids is 2. The van der Waals surface area contributed by atoms with E-state index in [1.807, 2.05) is 12.1 Å². The average molecular weight is 346 g/mol. The number of piperidine rings is 1. The van der Waals surface area contributed by atoms with E-state index in [1.54, 1.807) is 6.07 Å². The SMILES string of the molecule is CN1C(=O)CCC(NCc2ccc(Cl)c(Br)c2)C1=O. The van der Waals surface area contributed by atoms with Crippen LogP contribution < -0.4 is 5.32 Å². The van der Waals surface area contributed by atoms with Crippen LogP contribution in [0.25, 0.3) is 0 Å². The van der Waals surface area contributed by atoms with E-state index in [2.05, 4.69) is 21.2 Å². The molecular formula is C13H14BrClN2O2. The molecule has 1 aromatic carbocycles. The Kier molecular flexibility index (Phi) is 4.60. The van der Waals surface area contributed by atoms with Crippen LogP contribution in [0.3, 0.4) is 0 Å². The van der Waals surface area contributed by atoms with Crippen molar-refractivity contribution in [2.75, 3.05) is 7.05 Å². The summed E-state index contributed by atoms with van der Waals surface area (Å²) in [7, 11) is 1.53. The number of amides is 2. The topological polar surface area (TPSA) is 49.4 Å². The zero-order valence-corrected chi connectivity index (χ0v) is 12.8. The second kappa shape index (κ2) is 6.03. The Morgan fingerprint density at radius 1 is 1.47 bits per heavy atom. The van der Waals surface area contributed by atoms with E-state index in [0.29, 0.717) is 24.4 Å². The van der Waals surface area contributed by atoms with Gasteiger partial charge in [-0.2, -0.15) is 0 Å². The second-order valence-corrected chi connectivity index (χ2v) is 5.77. The highest BCUT2D eigenvalue weighted by molar-refractivity contribution is 9.10. The molecule has 1 aromatic rings. The van der Waals surface area contributed by atoms with Gasteiger partial charge in [-0.05, 0) is 40.0 Å². The Bertz CT molecular complexity index is 521. The van der Waals surface area contributed by atoms with Crippen LogP contribution >= 0.6 is 27.5 Å². The lowest BCUT2D eigenvalue weighted by Crippen LogP contribution is -2.51. The van der Waals surface area contributed by atoms with Crippen molar-refractivity contribution in [3.05, 3.63) is 33.3 Å². The molecule has 1 atom stereocenters. The van der Waals surface area contributed by atoms with Gasteiger partial charge in [-0.3, -0.25) is 14.5 Å². The van der Waals surface area contributed by atoms with Gasteiger partial charge >= 0.3 is 0 Å². The lowest BCUT2D eigenvalue weighted by Gasteiger charge is -2.28. The molecule has 2 rings (SSSR count). The first-order valence-electron chi connectivity index (χ1n) is 5.96. The molecule has 0 radical (unpaired) electrons. The predicted molar refractivity (Wildman–Crippen MR) is 76.8 cm³/mol. The molecule has 0 spiro atoms. The Morgan fingerprint density at radius 2 is 2.21 bits per heavy atom. The molecule has 1 aliphatic rings. The maximum Gasteiger partial charge on any atom is 0.246 e. The molecule has 1 saturated heterocycles. The van der Waals surface area contributed by atoms with Crippen molar-refractivity contribution < 1.29 is 9.59 Å². The minimum absolute atomic E-state index is 0.114. The first-order chi connectivity index (χ1) is 8.99. The van der Waals surface area contributed by atoms with Crippen LogP contribution in [-0.4, -0.2) is 29.8 Å². The molecule has 102 valence electrons. The molecule has 19 heavy (non-hydrogen) atoms. The number of imide groups is 1. The highest BCUT2D eigenvalue weighted by atomic mass is 79.9. The van der Waals surface area contributed by atoms with Crippen molar-refractivity contribution >= 4 is 39.3 Å². The number of likely N-dealkylation sites (N-methyl/N-ethyl adjacent to an activating group) is 1. The average Bonchev–Trinajstić information content (AvgIpc) is 2.39. The van der Waals surface area contributed by atoms with Gasteiger partial charge in [0.1, 0.15) is 0 Å². The number of nitrogens with one attached hydrogen (secondary N) is 1. The Morgan fingerprint density at radius 3 is 2.89 bits per heavy atom. The van der Waals surface area contributed by atoms with Gasteiger partial charge in [-0.25, -0.2) is 0 Å². The monoisotopic (exact) mass is 344 g/mol. The number of likely N-dealkylation sites (tertiary alicyclic amines) is 1. The second-order valence-electron chi connectivity index (χ2n) is 4.51. The fraction of sp³-hybridized carbons (Fsp3) is 0.385. The van der Waals surface area contributed by atoms with E-state index >= 15 is 0 Å². The molecular weight excluding hydrogens is 332 g/mol. The molecule has 1 N–H and O–H groups in total. The highest BCUT2D eigenvalue weighted by Gasteiger charge is 2.31. The fourth-order valence-electron chi connectivity index (χ4n) is 2.00. The van der Waals surface area contributed by atoms with Crippen LogP contribution in [0.5, 0.6) is 0 Å². The molecule has 1 heterocycles. The normalized spacial score (nSPS) is 19.9. The van der Waals surface area contributed by atoms with Crippen LogP contribution in [0.15, 0.2) is 22.7 Å². The zero-order valence-electron chi connectivity index (χ0n) is 10.5. The quantitative estimate of drug-likeness (QED) is 0.856. The number of hydrogen-bond donors (Lipinski definition) is 1. The number of rotatable bonds is 3. The zero-order chi connectivity index (χ0) is 14.0. The molecule has 1 aliphatic heterocycles. The van der Waals surface area contributed by atoms with E-state index in [-0.39, 0.29) is 17.9 Å². The molecule has 0 aliphatic carbocycles. The third-order valence-electron chi connectivity index (χ3n) is 3.19. The minimum atomic E-state index is -0.294. The van der Waals surface area contributed by atoms with Gasteiger partial charge in [0.15, 0.2) is 0 Å². The maximum atomic E-state index is 11.9. The first-order valence-corrected chi connectivity index (χ1v) is 7.14. The molecule has 0 aromatic heterocycles. The Hall–Kier alpha value is -0.910. The van der Waals surface area contributed by atoms with E-state index in [1.165, 1.54) is 11.9 Å². The minimum Gasteiger partial charge on any atom is -0.302 e. The third-order valence-corrected chi connectivity index (χ3v) is 4.40. The largest absolute Gasteiger partial charge is 0.302 e. The number of hydrogen-bond acceptors (Lipinski definition) is 3. The van der Waals surface area contributed by atoms with Crippen LogP contribution in [0.1, 0.15) is 18.4 Å². The van der Waals surface area contributed by atoms with E-state index in [9.17, 15) is 9.59 Å². The van der Waals surface area contributed by atoms with Crippen LogP contribution in [0.4, 0.5) is 0 Å². The van der Waals surface area contributed by atoms with Crippen molar-refractivity contribution in [1.29, 1.82) is 0 Å². The first kappa shape index (κ1) is 14.5. The standard InChI is InChI=1S/C13H14BrClN2O2/c1-17-12(18)5-4-11(13(17)19)16-7-8-2-3-10(15)9(14)6-8/h2-3,6,11,16H,4-5,7H2,1H3. The van der Waals surface area contributed by atoms with Crippen molar-refractivity contribution in [3.63, 3.8) is 0 Å². The van der Waals surface area contributed by atoms with Gasteiger partial charge in [0.25, 0.3) is 0 Å². The van der Waals surface area contributed by atoms with Gasteiger partial charge in [-0.1, -0.05) is 17.7 Å². The maximum absolute atomic E-state index is 11.9. The molecule has 2 amide bonds. The molecule has 1 fully saturated rings. The van der Waals surface area contributed by atoms with Crippen molar-refractivity contribution in [3.8, 4) is 0 Å². The summed E-state index contributed by atoms with van der Waals surface area (Å²) in [6, 6.07) is 5.33. The van der Waals surface area contributed by atoms with Crippen LogP contribution in [0.2, 0.25) is 5.02 Å². The molecule has 4 nitrogen and oxygen atoms in total. The summed E-state index contributed by atoms with van der Waals surface area (Å²) in [5.74, 6) is -0.276. The Balaban J connectivity index is 1.97. The summed E-state index contributed by atoms with van der Waals surface area (Å²) < 4.78 is 0.829. The smallest absolute Gasteiger partial charge is 0.246 e. The van der Waals surface area contributed by atoms with E-state index in [0.717, 1.165) is 10.0 Å². The summed E-state index contributed by atoms with van der Waals surface area (Å²) in [6.45, 7) is 0.564. The summed E-state index contributed by atoms with van der Waals surface area (Å²) in [5.41, 5.74) is 1.03. The molecule has 0 bridgehead atoms. The number of halogens is 2. The summed E-state index contributed by atoms with van der Waals surface area (Å²) in [5, 5.41) is 3.83. The Labute approximate surface area is 125 Å².